The molecule has 13 heavy (non-hydrogen) atoms. The number of rotatable bonds is 5. The lowest BCUT2D eigenvalue weighted by Crippen LogP contribution is -2.05. The Morgan fingerprint density at radius 3 is 2.85 bits per heavy atom. The van der Waals surface area contributed by atoms with Gasteiger partial charge in [-0.2, -0.15) is 0 Å². The van der Waals surface area contributed by atoms with Gasteiger partial charge in [0.15, 0.2) is 0 Å². The van der Waals surface area contributed by atoms with E-state index in [-0.39, 0.29) is 5.75 Å². The molecular weight excluding hydrogens is 168 g/mol. The van der Waals surface area contributed by atoms with Gasteiger partial charge in [0.25, 0.3) is 0 Å². The number of phenols is 1. The summed E-state index contributed by atoms with van der Waals surface area (Å²) in [7, 11) is 0. The van der Waals surface area contributed by atoms with Crippen LogP contribution >= 0.6 is 0 Å². The number of benzene rings is 1. The molecule has 0 aliphatic rings. The molecule has 0 unspecified atom stereocenters. The summed E-state index contributed by atoms with van der Waals surface area (Å²) in [5, 5.41) is 9.10. The fourth-order valence-electron chi connectivity index (χ4n) is 0.936. The third kappa shape index (κ3) is 3.80. The third-order valence-corrected chi connectivity index (χ3v) is 1.52. The third-order valence-electron chi connectivity index (χ3n) is 1.52. The molecule has 0 saturated heterocycles. The number of aromatic hydroxyl groups is 1. The van der Waals surface area contributed by atoms with Crippen molar-refractivity contribution in [2.75, 3.05) is 19.8 Å². The maximum absolute atomic E-state index is 9.10. The van der Waals surface area contributed by atoms with E-state index in [4.69, 9.17) is 14.6 Å². The van der Waals surface area contributed by atoms with Crippen LogP contribution in [-0.2, 0) is 4.74 Å². The highest BCUT2D eigenvalue weighted by atomic mass is 16.5. The summed E-state index contributed by atoms with van der Waals surface area (Å²) in [6, 6.07) is 6.72. The van der Waals surface area contributed by atoms with Crippen molar-refractivity contribution in [2.24, 2.45) is 0 Å². The summed E-state index contributed by atoms with van der Waals surface area (Å²) in [4.78, 5) is 0. The first-order valence-electron chi connectivity index (χ1n) is 4.32. The molecule has 0 fully saturated rings. The quantitative estimate of drug-likeness (QED) is 0.706. The summed E-state index contributed by atoms with van der Waals surface area (Å²) in [6.07, 6.45) is 0. The molecule has 0 amide bonds. The van der Waals surface area contributed by atoms with Gasteiger partial charge in [-0.1, -0.05) is 6.07 Å². The van der Waals surface area contributed by atoms with Crippen LogP contribution < -0.4 is 4.74 Å². The Hall–Kier alpha value is -1.22. The summed E-state index contributed by atoms with van der Waals surface area (Å²) in [5.41, 5.74) is 0. The second-order valence-corrected chi connectivity index (χ2v) is 2.54. The Labute approximate surface area is 77.9 Å². The normalized spacial score (nSPS) is 9.92. The molecule has 1 N–H and O–H groups in total. The number of ether oxygens (including phenoxy) is 2. The van der Waals surface area contributed by atoms with E-state index in [2.05, 4.69) is 0 Å². The van der Waals surface area contributed by atoms with Crippen molar-refractivity contribution in [1.29, 1.82) is 0 Å². The van der Waals surface area contributed by atoms with Crippen molar-refractivity contribution in [3.05, 3.63) is 24.3 Å². The minimum absolute atomic E-state index is 0.217. The van der Waals surface area contributed by atoms with E-state index in [0.717, 1.165) is 0 Å². The van der Waals surface area contributed by atoms with Gasteiger partial charge in [-0.15, -0.1) is 0 Å². The van der Waals surface area contributed by atoms with Gasteiger partial charge in [0.2, 0.25) is 0 Å². The molecule has 0 atom stereocenters. The number of hydrogen-bond acceptors (Lipinski definition) is 3. The van der Waals surface area contributed by atoms with Gasteiger partial charge in [-0.3, -0.25) is 0 Å². The molecule has 0 aliphatic heterocycles. The molecule has 1 aromatic carbocycles. The molecule has 1 rings (SSSR count). The van der Waals surface area contributed by atoms with Gasteiger partial charge in [-0.05, 0) is 19.1 Å². The standard InChI is InChI=1S/C10H14O3/c1-2-12-6-7-13-10-5-3-4-9(11)8-10/h3-5,8,11H,2,6-7H2,1H3. The van der Waals surface area contributed by atoms with Crippen LogP contribution in [0.1, 0.15) is 6.92 Å². The van der Waals surface area contributed by atoms with E-state index < -0.39 is 0 Å². The van der Waals surface area contributed by atoms with Crippen LogP contribution in [0, 0.1) is 0 Å². The van der Waals surface area contributed by atoms with Crippen molar-refractivity contribution < 1.29 is 14.6 Å². The Morgan fingerprint density at radius 1 is 1.31 bits per heavy atom. The van der Waals surface area contributed by atoms with Gasteiger partial charge >= 0.3 is 0 Å². The molecule has 0 spiro atoms. The molecule has 0 saturated carbocycles. The second-order valence-electron chi connectivity index (χ2n) is 2.54. The summed E-state index contributed by atoms with van der Waals surface area (Å²) in [6.45, 7) is 3.72. The molecule has 0 heterocycles. The van der Waals surface area contributed by atoms with Gasteiger partial charge in [-0.25, -0.2) is 0 Å². The number of phenolic OH excluding ortho intramolecular Hbond substituents is 1. The zero-order valence-electron chi connectivity index (χ0n) is 7.69. The first-order chi connectivity index (χ1) is 6.33. The Bertz CT molecular complexity index is 248. The van der Waals surface area contributed by atoms with Gasteiger partial charge in [0.05, 0.1) is 6.61 Å². The zero-order valence-corrected chi connectivity index (χ0v) is 7.69. The van der Waals surface area contributed by atoms with Crippen LogP contribution in [0.25, 0.3) is 0 Å². The molecule has 0 radical (unpaired) electrons. The van der Waals surface area contributed by atoms with E-state index in [0.29, 0.717) is 25.6 Å². The van der Waals surface area contributed by atoms with Crippen molar-refractivity contribution in [1.82, 2.24) is 0 Å². The zero-order chi connectivity index (χ0) is 9.52. The number of hydrogen-bond donors (Lipinski definition) is 1. The van der Waals surface area contributed by atoms with Crippen molar-refractivity contribution in [3.63, 3.8) is 0 Å². The molecule has 72 valence electrons. The summed E-state index contributed by atoms with van der Waals surface area (Å²) >= 11 is 0. The topological polar surface area (TPSA) is 38.7 Å². The average Bonchev–Trinajstić information content (AvgIpc) is 2.13. The predicted molar refractivity (Wildman–Crippen MR) is 50.1 cm³/mol. The predicted octanol–water partition coefficient (Wildman–Crippen LogP) is 1.81. The highest BCUT2D eigenvalue weighted by Gasteiger charge is 1.94. The van der Waals surface area contributed by atoms with Crippen molar-refractivity contribution >= 4 is 0 Å². The second kappa shape index (κ2) is 5.43. The molecule has 1 aromatic rings. The van der Waals surface area contributed by atoms with E-state index in [1.54, 1.807) is 24.3 Å². The first-order valence-corrected chi connectivity index (χ1v) is 4.32. The fourth-order valence-corrected chi connectivity index (χ4v) is 0.936. The lowest BCUT2D eigenvalue weighted by molar-refractivity contribution is 0.110. The Balaban J connectivity index is 2.28. The van der Waals surface area contributed by atoms with Crippen molar-refractivity contribution in [3.8, 4) is 11.5 Å². The monoisotopic (exact) mass is 182 g/mol. The Morgan fingerprint density at radius 2 is 2.15 bits per heavy atom. The minimum Gasteiger partial charge on any atom is -0.508 e. The highest BCUT2D eigenvalue weighted by Crippen LogP contribution is 2.17. The first kappa shape index (κ1) is 9.86. The molecular formula is C10H14O3. The SMILES string of the molecule is CCOCCOc1cccc(O)c1. The van der Waals surface area contributed by atoms with E-state index in [1.165, 1.54) is 0 Å². The molecule has 0 aromatic heterocycles. The maximum atomic E-state index is 9.10. The molecule has 3 heteroatoms. The van der Waals surface area contributed by atoms with Crippen LogP contribution in [0.4, 0.5) is 0 Å². The van der Waals surface area contributed by atoms with Crippen LogP contribution in [0.3, 0.4) is 0 Å². The van der Waals surface area contributed by atoms with Gasteiger partial charge < -0.3 is 14.6 Å². The summed E-state index contributed by atoms with van der Waals surface area (Å²) < 4.78 is 10.4. The maximum Gasteiger partial charge on any atom is 0.123 e. The molecule has 0 bridgehead atoms. The van der Waals surface area contributed by atoms with Crippen LogP contribution in [0.15, 0.2) is 24.3 Å². The average molecular weight is 182 g/mol. The van der Waals surface area contributed by atoms with E-state index in [1.807, 2.05) is 6.92 Å². The largest absolute Gasteiger partial charge is 0.508 e. The van der Waals surface area contributed by atoms with Crippen LogP contribution in [0.2, 0.25) is 0 Å². The molecule has 0 aliphatic carbocycles. The van der Waals surface area contributed by atoms with Gasteiger partial charge in [0.1, 0.15) is 18.1 Å². The lowest BCUT2D eigenvalue weighted by atomic mass is 10.3. The minimum atomic E-state index is 0.217. The van der Waals surface area contributed by atoms with Gasteiger partial charge in [0, 0.05) is 12.7 Å². The lowest BCUT2D eigenvalue weighted by Gasteiger charge is -2.05. The Kier molecular flexibility index (Phi) is 4.12. The summed E-state index contributed by atoms with van der Waals surface area (Å²) in [5.74, 6) is 0.883. The van der Waals surface area contributed by atoms with Crippen LogP contribution in [-0.4, -0.2) is 24.9 Å². The van der Waals surface area contributed by atoms with Crippen LogP contribution in [0.5, 0.6) is 11.5 Å². The smallest absolute Gasteiger partial charge is 0.123 e. The fraction of sp³-hybridized carbons (Fsp3) is 0.400. The van der Waals surface area contributed by atoms with Crippen molar-refractivity contribution in [2.45, 2.75) is 6.92 Å². The van der Waals surface area contributed by atoms with E-state index in [9.17, 15) is 0 Å². The highest BCUT2D eigenvalue weighted by molar-refractivity contribution is 5.31. The van der Waals surface area contributed by atoms with E-state index >= 15 is 0 Å². The molecule has 3 nitrogen and oxygen atoms in total.